The Kier molecular flexibility index (Phi) is 6.98. The molecular formula is C26H30FNO4. The third-order valence-electron chi connectivity index (χ3n) is 5.90. The lowest BCUT2D eigenvalue weighted by Crippen LogP contribution is -2.11. The molecule has 2 aromatic carbocycles. The van der Waals surface area contributed by atoms with E-state index in [0.29, 0.717) is 41.7 Å². The number of carbonyl (C=O) groups is 1. The summed E-state index contributed by atoms with van der Waals surface area (Å²) in [4.78, 5) is 14.6. The lowest BCUT2D eigenvalue weighted by atomic mass is 10.1. The van der Waals surface area contributed by atoms with Gasteiger partial charge in [0, 0.05) is 17.3 Å². The number of halogens is 1. The van der Waals surface area contributed by atoms with E-state index in [2.05, 4.69) is 11.1 Å². The molecule has 170 valence electrons. The number of rotatable bonds is 9. The molecule has 1 aliphatic carbocycles. The number of hydrogen-bond acceptors (Lipinski definition) is 4. The SMILES string of the molecule is CCOC(=O)CCc1[nH]c2ccc(OCc3ccc(OC4CCCC4)c(C)c3)cc2c1F. The van der Waals surface area contributed by atoms with E-state index in [1.165, 1.54) is 12.8 Å². The molecule has 0 radical (unpaired) electrons. The first-order chi connectivity index (χ1) is 15.5. The Balaban J connectivity index is 1.39. The minimum absolute atomic E-state index is 0.140. The van der Waals surface area contributed by atoms with Gasteiger partial charge in [-0.3, -0.25) is 4.79 Å². The summed E-state index contributed by atoms with van der Waals surface area (Å²) in [6.45, 7) is 4.51. The highest BCUT2D eigenvalue weighted by molar-refractivity contribution is 5.83. The molecule has 0 unspecified atom stereocenters. The van der Waals surface area contributed by atoms with E-state index in [0.717, 1.165) is 29.7 Å². The van der Waals surface area contributed by atoms with Gasteiger partial charge in [0.15, 0.2) is 5.82 Å². The Hall–Kier alpha value is -3.02. The van der Waals surface area contributed by atoms with Gasteiger partial charge >= 0.3 is 5.97 Å². The van der Waals surface area contributed by atoms with Gasteiger partial charge in [-0.15, -0.1) is 0 Å². The molecule has 1 aromatic heterocycles. The van der Waals surface area contributed by atoms with Crippen molar-refractivity contribution in [1.82, 2.24) is 4.98 Å². The zero-order valence-electron chi connectivity index (χ0n) is 18.7. The molecular weight excluding hydrogens is 409 g/mol. The second-order valence-corrected chi connectivity index (χ2v) is 8.34. The number of aromatic amines is 1. The molecule has 0 amide bonds. The van der Waals surface area contributed by atoms with E-state index in [9.17, 15) is 9.18 Å². The van der Waals surface area contributed by atoms with Gasteiger partial charge in [0.05, 0.1) is 24.8 Å². The Morgan fingerprint density at radius 1 is 1.16 bits per heavy atom. The maximum atomic E-state index is 14.8. The highest BCUT2D eigenvalue weighted by atomic mass is 19.1. The molecule has 4 rings (SSSR count). The average Bonchev–Trinajstić information content (AvgIpc) is 3.40. The fourth-order valence-corrected chi connectivity index (χ4v) is 4.20. The highest BCUT2D eigenvalue weighted by Crippen LogP contribution is 2.29. The van der Waals surface area contributed by atoms with Crippen LogP contribution in [0, 0.1) is 12.7 Å². The fourth-order valence-electron chi connectivity index (χ4n) is 4.20. The third-order valence-corrected chi connectivity index (χ3v) is 5.90. The minimum atomic E-state index is -0.348. The molecule has 1 N–H and O–H groups in total. The first-order valence-corrected chi connectivity index (χ1v) is 11.4. The molecule has 6 heteroatoms. The lowest BCUT2D eigenvalue weighted by Gasteiger charge is -2.16. The van der Waals surface area contributed by atoms with E-state index < -0.39 is 0 Å². The quantitative estimate of drug-likeness (QED) is 0.415. The molecule has 3 aromatic rings. The number of ether oxygens (including phenoxy) is 3. The van der Waals surface area contributed by atoms with Gasteiger partial charge in [-0.05, 0) is 81.0 Å². The van der Waals surface area contributed by atoms with Gasteiger partial charge in [0.1, 0.15) is 18.1 Å². The Labute approximate surface area is 187 Å². The van der Waals surface area contributed by atoms with Gasteiger partial charge in [0.25, 0.3) is 0 Å². The fraction of sp³-hybridized carbons (Fsp3) is 0.423. The van der Waals surface area contributed by atoms with Crippen molar-refractivity contribution in [2.75, 3.05) is 6.61 Å². The molecule has 1 saturated carbocycles. The Bertz CT molecular complexity index is 1080. The van der Waals surface area contributed by atoms with Crippen LogP contribution in [0.25, 0.3) is 10.9 Å². The van der Waals surface area contributed by atoms with E-state index in [4.69, 9.17) is 14.2 Å². The van der Waals surface area contributed by atoms with Crippen LogP contribution in [0.1, 0.15) is 55.8 Å². The first-order valence-electron chi connectivity index (χ1n) is 11.4. The predicted octanol–water partition coefficient (Wildman–Crippen LogP) is 6.01. The lowest BCUT2D eigenvalue weighted by molar-refractivity contribution is -0.143. The van der Waals surface area contributed by atoms with Gasteiger partial charge in [-0.1, -0.05) is 6.07 Å². The van der Waals surface area contributed by atoms with Gasteiger partial charge in [-0.25, -0.2) is 4.39 Å². The normalized spacial score (nSPS) is 14.1. The van der Waals surface area contributed by atoms with Crippen LogP contribution in [0.4, 0.5) is 4.39 Å². The summed E-state index contributed by atoms with van der Waals surface area (Å²) in [5, 5.41) is 0.456. The van der Waals surface area contributed by atoms with Crippen LogP contribution >= 0.6 is 0 Å². The number of H-pyrrole nitrogens is 1. The Morgan fingerprint density at radius 3 is 2.72 bits per heavy atom. The molecule has 0 saturated heterocycles. The minimum Gasteiger partial charge on any atom is -0.490 e. The summed E-state index contributed by atoms with van der Waals surface area (Å²) >= 11 is 0. The number of aryl methyl sites for hydroxylation is 2. The molecule has 0 bridgehead atoms. The predicted molar refractivity (Wildman–Crippen MR) is 122 cm³/mol. The van der Waals surface area contributed by atoms with Crippen LogP contribution in [0.3, 0.4) is 0 Å². The maximum Gasteiger partial charge on any atom is 0.306 e. The van der Waals surface area contributed by atoms with Crippen molar-refractivity contribution < 1.29 is 23.4 Å². The van der Waals surface area contributed by atoms with Gasteiger partial charge < -0.3 is 19.2 Å². The zero-order valence-corrected chi connectivity index (χ0v) is 18.7. The summed E-state index contributed by atoms with van der Waals surface area (Å²) in [5.41, 5.74) is 3.21. The number of carbonyl (C=O) groups excluding carboxylic acids is 1. The van der Waals surface area contributed by atoms with Crippen molar-refractivity contribution in [2.45, 2.75) is 65.1 Å². The molecule has 1 aliphatic rings. The maximum absolute atomic E-state index is 14.8. The molecule has 0 aliphatic heterocycles. The van der Waals surface area contributed by atoms with Crippen molar-refractivity contribution in [1.29, 1.82) is 0 Å². The van der Waals surface area contributed by atoms with E-state index >= 15 is 0 Å². The van der Waals surface area contributed by atoms with E-state index in [1.54, 1.807) is 19.1 Å². The average molecular weight is 440 g/mol. The monoisotopic (exact) mass is 439 g/mol. The van der Waals surface area contributed by atoms with Gasteiger partial charge in [-0.2, -0.15) is 0 Å². The largest absolute Gasteiger partial charge is 0.490 e. The van der Waals surface area contributed by atoms with Crippen LogP contribution in [0.5, 0.6) is 11.5 Å². The number of aromatic nitrogens is 1. The van der Waals surface area contributed by atoms with Crippen molar-refractivity contribution >= 4 is 16.9 Å². The van der Waals surface area contributed by atoms with Crippen LogP contribution in [0.2, 0.25) is 0 Å². The van der Waals surface area contributed by atoms with E-state index in [-0.39, 0.29) is 24.6 Å². The van der Waals surface area contributed by atoms with Crippen molar-refractivity contribution in [3.8, 4) is 11.5 Å². The smallest absolute Gasteiger partial charge is 0.306 e. The molecule has 32 heavy (non-hydrogen) atoms. The van der Waals surface area contributed by atoms with Crippen LogP contribution in [0.15, 0.2) is 36.4 Å². The molecule has 0 spiro atoms. The van der Waals surface area contributed by atoms with E-state index in [1.807, 2.05) is 25.1 Å². The van der Waals surface area contributed by atoms with Crippen LogP contribution in [-0.4, -0.2) is 23.7 Å². The summed E-state index contributed by atoms with van der Waals surface area (Å²) in [6, 6.07) is 11.4. The van der Waals surface area contributed by atoms with Crippen molar-refractivity contribution in [3.63, 3.8) is 0 Å². The second-order valence-electron chi connectivity index (χ2n) is 8.34. The number of hydrogen-bond donors (Lipinski definition) is 1. The number of nitrogens with one attached hydrogen (secondary N) is 1. The number of esters is 1. The molecule has 5 nitrogen and oxygen atoms in total. The second kappa shape index (κ2) is 10.1. The zero-order chi connectivity index (χ0) is 22.5. The highest BCUT2D eigenvalue weighted by Gasteiger charge is 2.17. The topological polar surface area (TPSA) is 60.6 Å². The summed E-state index contributed by atoms with van der Waals surface area (Å²) in [6.07, 6.45) is 5.50. The Morgan fingerprint density at radius 2 is 1.97 bits per heavy atom. The first kappa shape index (κ1) is 22.2. The van der Waals surface area contributed by atoms with Crippen LogP contribution in [-0.2, 0) is 22.6 Å². The standard InChI is InChI=1S/C26H30FNO4/c1-3-30-25(29)13-11-23-26(27)21-15-20(9-10-22(21)28-23)31-16-18-8-12-24(17(2)14-18)32-19-6-4-5-7-19/h8-10,12,14-15,19,28H,3-7,11,13,16H2,1-2H3. The van der Waals surface area contributed by atoms with Crippen LogP contribution < -0.4 is 9.47 Å². The van der Waals surface area contributed by atoms with Gasteiger partial charge in [0.2, 0.25) is 0 Å². The molecule has 0 atom stereocenters. The number of fused-ring (bicyclic) bond motifs is 1. The third kappa shape index (κ3) is 5.23. The molecule has 1 fully saturated rings. The summed E-state index contributed by atoms with van der Waals surface area (Å²) in [5.74, 6) is 0.853. The molecule has 1 heterocycles. The summed E-state index contributed by atoms with van der Waals surface area (Å²) in [7, 11) is 0. The number of benzene rings is 2. The van der Waals surface area contributed by atoms with Crippen molar-refractivity contribution in [2.24, 2.45) is 0 Å². The van der Waals surface area contributed by atoms with Crippen molar-refractivity contribution in [3.05, 3.63) is 59.0 Å². The summed E-state index contributed by atoms with van der Waals surface area (Å²) < 4.78 is 31.8.